The number of hydrazine groups is 1. The van der Waals surface area contributed by atoms with Crippen molar-refractivity contribution in [3.8, 4) is 0 Å². The Morgan fingerprint density at radius 3 is 2.44 bits per heavy atom. The largest absolute Gasteiger partial charge is 0.298 e. The van der Waals surface area contributed by atoms with Gasteiger partial charge in [0.1, 0.15) is 5.01 Å². The summed E-state index contributed by atoms with van der Waals surface area (Å²) in [6.45, 7) is 4.10. The SMILES string of the molecule is CC1(C)C2C(=O)N(Cc3nnc(NN)s3)C(=O)C21. The molecule has 1 aromatic heterocycles. The Morgan fingerprint density at radius 1 is 1.33 bits per heavy atom. The molecule has 3 rings (SSSR count). The molecule has 0 spiro atoms. The van der Waals surface area contributed by atoms with Crippen LogP contribution in [0.2, 0.25) is 0 Å². The van der Waals surface area contributed by atoms with Crippen LogP contribution in [0.5, 0.6) is 0 Å². The molecule has 3 N–H and O–H groups in total. The van der Waals surface area contributed by atoms with Gasteiger partial charge in [-0.1, -0.05) is 25.2 Å². The first-order valence-electron chi connectivity index (χ1n) is 5.61. The zero-order valence-electron chi connectivity index (χ0n) is 10.0. The summed E-state index contributed by atoms with van der Waals surface area (Å²) in [4.78, 5) is 25.4. The van der Waals surface area contributed by atoms with Crippen molar-refractivity contribution in [2.75, 3.05) is 5.43 Å². The van der Waals surface area contributed by atoms with Crippen LogP contribution >= 0.6 is 11.3 Å². The van der Waals surface area contributed by atoms with Gasteiger partial charge in [0, 0.05) is 0 Å². The smallest absolute Gasteiger partial charge is 0.234 e. The van der Waals surface area contributed by atoms with Crippen LogP contribution in [0.1, 0.15) is 18.9 Å². The maximum Gasteiger partial charge on any atom is 0.234 e. The number of rotatable bonds is 3. The number of likely N-dealkylation sites (tertiary alicyclic amines) is 1. The Labute approximate surface area is 107 Å². The van der Waals surface area contributed by atoms with Crippen LogP contribution in [0, 0.1) is 17.3 Å². The Morgan fingerprint density at radius 2 is 1.94 bits per heavy atom. The van der Waals surface area contributed by atoms with Crippen LogP contribution < -0.4 is 11.3 Å². The molecular weight excluding hydrogens is 254 g/mol. The van der Waals surface area contributed by atoms with Crippen LogP contribution in [0.15, 0.2) is 0 Å². The highest BCUT2D eigenvalue weighted by molar-refractivity contribution is 7.15. The van der Waals surface area contributed by atoms with Crippen molar-refractivity contribution in [2.24, 2.45) is 23.1 Å². The highest BCUT2D eigenvalue weighted by Gasteiger charge is 2.72. The van der Waals surface area contributed by atoms with E-state index >= 15 is 0 Å². The number of nitrogens with zero attached hydrogens (tertiary/aromatic N) is 3. The quantitative estimate of drug-likeness (QED) is 0.453. The van der Waals surface area contributed by atoms with E-state index in [9.17, 15) is 9.59 Å². The number of nitrogen functional groups attached to an aromatic ring is 1. The van der Waals surface area contributed by atoms with Gasteiger partial charge < -0.3 is 0 Å². The van der Waals surface area contributed by atoms with Crippen LogP contribution in [0.25, 0.3) is 0 Å². The predicted octanol–water partition coefficient (Wildman–Crippen LogP) is -0.0353. The zero-order valence-corrected chi connectivity index (χ0v) is 10.8. The Hall–Kier alpha value is -1.54. The van der Waals surface area contributed by atoms with Gasteiger partial charge in [-0.2, -0.15) is 0 Å². The molecule has 1 saturated heterocycles. The third-order valence-electron chi connectivity index (χ3n) is 3.78. The summed E-state index contributed by atoms with van der Waals surface area (Å²) in [5, 5.41) is 8.71. The Balaban J connectivity index is 1.76. The molecule has 18 heavy (non-hydrogen) atoms. The zero-order chi connectivity index (χ0) is 13.1. The fraction of sp³-hybridized carbons (Fsp3) is 0.600. The van der Waals surface area contributed by atoms with Crippen LogP contribution in [0.4, 0.5) is 5.13 Å². The Bertz CT molecular complexity index is 516. The van der Waals surface area contributed by atoms with Crippen molar-refractivity contribution in [1.29, 1.82) is 0 Å². The lowest BCUT2D eigenvalue weighted by Gasteiger charge is -2.18. The summed E-state index contributed by atoms with van der Waals surface area (Å²) >= 11 is 1.24. The highest BCUT2D eigenvalue weighted by atomic mass is 32.1. The molecule has 2 aliphatic rings. The number of hydrogen-bond donors (Lipinski definition) is 2. The van der Waals surface area contributed by atoms with Crippen molar-refractivity contribution >= 4 is 28.3 Å². The van der Waals surface area contributed by atoms with Gasteiger partial charge in [0.05, 0.1) is 18.4 Å². The first kappa shape index (κ1) is 11.5. The van der Waals surface area contributed by atoms with Crippen molar-refractivity contribution in [1.82, 2.24) is 15.1 Å². The minimum Gasteiger partial charge on any atom is -0.298 e. The second-order valence-electron chi connectivity index (χ2n) is 5.18. The van der Waals surface area contributed by atoms with E-state index in [0.717, 1.165) is 0 Å². The Kier molecular flexibility index (Phi) is 2.23. The molecule has 1 aromatic rings. The minimum atomic E-state index is -0.171. The van der Waals surface area contributed by atoms with Gasteiger partial charge >= 0.3 is 0 Å². The topological polar surface area (TPSA) is 101 Å². The molecule has 2 atom stereocenters. The fourth-order valence-corrected chi connectivity index (χ4v) is 3.31. The molecule has 2 amide bonds. The molecule has 2 unspecified atom stereocenters. The molecule has 8 heteroatoms. The lowest BCUT2D eigenvalue weighted by atomic mass is 10.1. The second kappa shape index (κ2) is 3.48. The standard InChI is InChI=1S/C10H13N5O2S/c1-10(2)5-6(10)8(17)15(7(5)16)3-4-13-14-9(12-11)18-4/h5-6H,3,11H2,1-2H3,(H,12,14). The third kappa shape index (κ3) is 1.39. The summed E-state index contributed by atoms with van der Waals surface area (Å²) in [6, 6.07) is 0. The number of aromatic nitrogens is 2. The average Bonchev–Trinajstić information content (AvgIpc) is 2.66. The van der Waals surface area contributed by atoms with Crippen molar-refractivity contribution in [2.45, 2.75) is 20.4 Å². The number of fused-ring (bicyclic) bond motifs is 1. The van der Waals surface area contributed by atoms with Gasteiger partial charge in [-0.15, -0.1) is 10.2 Å². The lowest BCUT2D eigenvalue weighted by molar-refractivity contribution is -0.143. The third-order valence-corrected chi connectivity index (χ3v) is 4.61. The number of piperidine rings is 1. The maximum absolute atomic E-state index is 12.1. The van der Waals surface area contributed by atoms with E-state index in [1.54, 1.807) is 0 Å². The summed E-state index contributed by atoms with van der Waals surface area (Å²) in [5.41, 5.74) is 2.21. The molecule has 2 heterocycles. The van der Waals surface area contributed by atoms with Gasteiger partial charge in [0.15, 0.2) is 0 Å². The van der Waals surface area contributed by atoms with Crippen LogP contribution in [-0.2, 0) is 16.1 Å². The normalized spacial score (nSPS) is 28.5. The number of amides is 2. The van der Waals surface area contributed by atoms with Crippen molar-refractivity contribution < 1.29 is 9.59 Å². The molecular formula is C10H13N5O2S. The number of hydrogen-bond acceptors (Lipinski definition) is 7. The molecule has 0 bridgehead atoms. The second-order valence-corrected chi connectivity index (χ2v) is 6.25. The van der Waals surface area contributed by atoms with E-state index in [4.69, 9.17) is 5.84 Å². The summed E-state index contributed by atoms with van der Waals surface area (Å²) in [5.74, 6) is 4.72. The number of nitrogens with two attached hydrogens (primary N) is 1. The van der Waals surface area contributed by atoms with Gasteiger partial charge in [-0.3, -0.25) is 19.9 Å². The average molecular weight is 267 g/mol. The van der Waals surface area contributed by atoms with Gasteiger partial charge in [-0.05, 0) is 5.41 Å². The monoisotopic (exact) mass is 267 g/mol. The number of carbonyl (C=O) groups excluding carboxylic acids is 2. The summed E-state index contributed by atoms with van der Waals surface area (Å²) in [6.07, 6.45) is 0. The van der Waals surface area contributed by atoms with Crippen molar-refractivity contribution in [3.63, 3.8) is 0 Å². The van der Waals surface area contributed by atoms with E-state index in [2.05, 4.69) is 15.6 Å². The number of nitrogens with one attached hydrogen (secondary N) is 1. The number of carbonyl (C=O) groups is 2. The predicted molar refractivity (Wildman–Crippen MR) is 64.0 cm³/mol. The molecule has 2 fully saturated rings. The maximum atomic E-state index is 12.1. The highest BCUT2D eigenvalue weighted by Crippen LogP contribution is 2.63. The molecule has 7 nitrogen and oxygen atoms in total. The molecule has 1 aliphatic heterocycles. The number of anilines is 1. The van der Waals surface area contributed by atoms with Crippen molar-refractivity contribution in [3.05, 3.63) is 5.01 Å². The van der Waals surface area contributed by atoms with E-state index in [-0.39, 0.29) is 35.6 Å². The van der Waals surface area contributed by atoms with Gasteiger partial charge in [0.2, 0.25) is 16.9 Å². The van der Waals surface area contributed by atoms with E-state index in [1.807, 2.05) is 13.8 Å². The van der Waals surface area contributed by atoms with E-state index in [1.165, 1.54) is 16.2 Å². The van der Waals surface area contributed by atoms with E-state index < -0.39 is 0 Å². The van der Waals surface area contributed by atoms with Gasteiger partial charge in [0.25, 0.3) is 0 Å². The minimum absolute atomic E-state index is 0.0903. The molecule has 0 radical (unpaired) electrons. The van der Waals surface area contributed by atoms with E-state index in [0.29, 0.717) is 10.1 Å². The molecule has 0 aromatic carbocycles. The van der Waals surface area contributed by atoms with Crippen LogP contribution in [0.3, 0.4) is 0 Å². The van der Waals surface area contributed by atoms with Gasteiger partial charge in [-0.25, -0.2) is 5.84 Å². The molecule has 1 saturated carbocycles. The summed E-state index contributed by atoms with van der Waals surface area (Å²) < 4.78 is 0. The summed E-state index contributed by atoms with van der Waals surface area (Å²) in [7, 11) is 0. The molecule has 1 aliphatic carbocycles. The van der Waals surface area contributed by atoms with Crippen LogP contribution in [-0.4, -0.2) is 26.9 Å². The first-order valence-corrected chi connectivity index (χ1v) is 6.42. The molecule has 96 valence electrons. The fourth-order valence-electron chi connectivity index (χ4n) is 2.67. The number of imide groups is 1. The first-order chi connectivity index (χ1) is 8.46. The lowest BCUT2D eigenvalue weighted by Crippen LogP contribution is -2.35.